The van der Waals surface area contributed by atoms with Crippen molar-refractivity contribution in [1.29, 1.82) is 0 Å². The zero-order valence-corrected chi connectivity index (χ0v) is 12.3. The van der Waals surface area contributed by atoms with Crippen molar-refractivity contribution in [2.45, 2.75) is 23.6 Å². The van der Waals surface area contributed by atoms with E-state index < -0.39 is 16.9 Å². The zero-order chi connectivity index (χ0) is 15.2. The van der Waals surface area contributed by atoms with Crippen LogP contribution in [0.1, 0.15) is 12.5 Å². The highest BCUT2D eigenvalue weighted by Gasteiger charge is 2.16. The van der Waals surface area contributed by atoms with Crippen molar-refractivity contribution in [3.05, 3.63) is 65.7 Å². The van der Waals surface area contributed by atoms with E-state index in [4.69, 9.17) is 0 Å². The Labute approximate surface area is 126 Å². The van der Waals surface area contributed by atoms with Gasteiger partial charge in [0.1, 0.15) is 11.6 Å². The molecule has 0 saturated heterocycles. The van der Waals surface area contributed by atoms with Crippen LogP contribution in [0, 0.1) is 11.6 Å². The molecule has 0 aliphatic rings. The molecule has 0 heterocycles. The third kappa shape index (κ3) is 4.56. The number of hydrogen-bond donors (Lipinski definition) is 1. The lowest BCUT2D eigenvalue weighted by Crippen LogP contribution is -2.30. The van der Waals surface area contributed by atoms with Crippen LogP contribution in [0.4, 0.5) is 8.78 Å². The van der Waals surface area contributed by atoms with Crippen molar-refractivity contribution in [1.82, 2.24) is 5.32 Å². The lowest BCUT2D eigenvalue weighted by Gasteiger charge is -2.12. The molecule has 21 heavy (non-hydrogen) atoms. The van der Waals surface area contributed by atoms with Gasteiger partial charge in [0.05, 0.1) is 5.25 Å². The minimum absolute atomic E-state index is 0.136. The molecular weight excluding hydrogens is 292 g/mol. The van der Waals surface area contributed by atoms with Gasteiger partial charge in [-0.2, -0.15) is 0 Å². The minimum Gasteiger partial charge on any atom is -0.351 e. The van der Waals surface area contributed by atoms with E-state index >= 15 is 0 Å². The van der Waals surface area contributed by atoms with Gasteiger partial charge in [0.25, 0.3) is 0 Å². The molecule has 1 amide bonds. The molecule has 2 aromatic carbocycles. The summed E-state index contributed by atoms with van der Waals surface area (Å²) in [5.41, 5.74) is 0.986. The van der Waals surface area contributed by atoms with Crippen molar-refractivity contribution >= 4 is 17.7 Å². The summed E-state index contributed by atoms with van der Waals surface area (Å²) < 4.78 is 26.6. The molecule has 5 heteroatoms. The van der Waals surface area contributed by atoms with Gasteiger partial charge >= 0.3 is 0 Å². The van der Waals surface area contributed by atoms with Gasteiger partial charge in [-0.3, -0.25) is 4.79 Å². The van der Waals surface area contributed by atoms with Crippen LogP contribution in [0.3, 0.4) is 0 Å². The van der Waals surface area contributed by atoms with Gasteiger partial charge in [-0.1, -0.05) is 30.3 Å². The van der Waals surface area contributed by atoms with Crippen molar-refractivity contribution in [2.24, 2.45) is 0 Å². The van der Waals surface area contributed by atoms with Crippen LogP contribution in [0.2, 0.25) is 0 Å². The predicted octanol–water partition coefficient (Wildman–Crippen LogP) is 3.76. The molecule has 0 bridgehead atoms. The van der Waals surface area contributed by atoms with Crippen LogP contribution < -0.4 is 5.32 Å². The lowest BCUT2D eigenvalue weighted by molar-refractivity contribution is -0.120. The van der Waals surface area contributed by atoms with Crippen LogP contribution in [0.15, 0.2) is 53.4 Å². The van der Waals surface area contributed by atoms with E-state index in [1.165, 1.54) is 0 Å². The number of benzene rings is 2. The molecule has 0 fully saturated rings. The molecule has 0 radical (unpaired) electrons. The summed E-state index contributed by atoms with van der Waals surface area (Å²) in [7, 11) is 0. The van der Waals surface area contributed by atoms with E-state index in [9.17, 15) is 13.6 Å². The molecule has 0 spiro atoms. The Kier molecular flexibility index (Phi) is 5.33. The summed E-state index contributed by atoms with van der Waals surface area (Å²) in [6, 6.07) is 12.7. The van der Waals surface area contributed by atoms with E-state index in [2.05, 4.69) is 5.32 Å². The second-order valence-corrected chi connectivity index (χ2v) is 5.92. The number of rotatable bonds is 5. The van der Waals surface area contributed by atoms with Gasteiger partial charge in [0.2, 0.25) is 5.91 Å². The van der Waals surface area contributed by atoms with Crippen molar-refractivity contribution in [2.75, 3.05) is 0 Å². The number of carbonyl (C=O) groups is 1. The van der Waals surface area contributed by atoms with Gasteiger partial charge in [-0.15, -0.1) is 11.8 Å². The van der Waals surface area contributed by atoms with Gasteiger partial charge in [0.15, 0.2) is 0 Å². The standard InChI is InChI=1S/C16H15F2NOS/c1-11(21-15-9-13(17)7-8-14(15)18)16(20)19-10-12-5-3-2-4-6-12/h2-9,11H,10H2,1H3,(H,19,20)/t11-/m1/s1. The highest BCUT2D eigenvalue weighted by molar-refractivity contribution is 8.00. The first kappa shape index (κ1) is 15.5. The number of hydrogen-bond acceptors (Lipinski definition) is 2. The molecule has 2 rings (SSSR count). The molecular formula is C16H15F2NOS. The second-order valence-electron chi connectivity index (χ2n) is 4.54. The molecule has 2 nitrogen and oxygen atoms in total. The lowest BCUT2D eigenvalue weighted by atomic mass is 10.2. The largest absolute Gasteiger partial charge is 0.351 e. The summed E-state index contributed by atoms with van der Waals surface area (Å²) in [6.45, 7) is 2.07. The molecule has 1 N–H and O–H groups in total. The summed E-state index contributed by atoms with van der Waals surface area (Å²) in [4.78, 5) is 12.1. The van der Waals surface area contributed by atoms with E-state index in [-0.39, 0.29) is 10.8 Å². The maximum atomic E-state index is 13.5. The van der Waals surface area contributed by atoms with Crippen LogP contribution in [-0.4, -0.2) is 11.2 Å². The van der Waals surface area contributed by atoms with E-state index in [0.717, 1.165) is 35.5 Å². The van der Waals surface area contributed by atoms with Crippen molar-refractivity contribution < 1.29 is 13.6 Å². The first-order chi connectivity index (χ1) is 10.1. The zero-order valence-electron chi connectivity index (χ0n) is 11.5. The molecule has 1 atom stereocenters. The van der Waals surface area contributed by atoms with Gasteiger partial charge in [0, 0.05) is 11.4 Å². The van der Waals surface area contributed by atoms with Gasteiger partial charge in [-0.25, -0.2) is 8.78 Å². The van der Waals surface area contributed by atoms with Crippen LogP contribution >= 0.6 is 11.8 Å². The Balaban J connectivity index is 1.92. The summed E-state index contributed by atoms with van der Waals surface area (Å²) >= 11 is 1.00. The first-order valence-corrected chi connectivity index (χ1v) is 7.37. The summed E-state index contributed by atoms with van der Waals surface area (Å²) in [5, 5.41) is 2.27. The SMILES string of the molecule is C[C@@H](Sc1cc(F)ccc1F)C(=O)NCc1ccccc1. The van der Waals surface area contributed by atoms with Crippen molar-refractivity contribution in [3.8, 4) is 0 Å². The van der Waals surface area contributed by atoms with Gasteiger partial charge < -0.3 is 5.32 Å². The highest BCUT2D eigenvalue weighted by atomic mass is 32.2. The quantitative estimate of drug-likeness (QED) is 0.852. The predicted molar refractivity (Wildman–Crippen MR) is 80.0 cm³/mol. The fourth-order valence-electron chi connectivity index (χ4n) is 1.74. The molecule has 0 aromatic heterocycles. The van der Waals surface area contributed by atoms with E-state index in [0.29, 0.717) is 6.54 Å². The number of nitrogens with one attached hydrogen (secondary N) is 1. The Morgan fingerprint density at radius 2 is 1.90 bits per heavy atom. The second kappa shape index (κ2) is 7.22. The Morgan fingerprint density at radius 1 is 1.19 bits per heavy atom. The van der Waals surface area contributed by atoms with Crippen LogP contribution in [-0.2, 0) is 11.3 Å². The minimum atomic E-state index is -0.524. The molecule has 0 aliphatic carbocycles. The average molecular weight is 307 g/mol. The van der Waals surface area contributed by atoms with Crippen LogP contribution in [0.5, 0.6) is 0 Å². The summed E-state index contributed by atoms with van der Waals surface area (Å²) in [5.74, 6) is -1.26. The topological polar surface area (TPSA) is 29.1 Å². The molecule has 0 aliphatic heterocycles. The Morgan fingerprint density at radius 3 is 2.62 bits per heavy atom. The number of amides is 1. The Hall–Kier alpha value is -1.88. The smallest absolute Gasteiger partial charge is 0.233 e. The fourth-order valence-corrected chi connectivity index (χ4v) is 2.67. The Bertz CT molecular complexity index is 619. The third-order valence-electron chi connectivity index (χ3n) is 2.88. The first-order valence-electron chi connectivity index (χ1n) is 6.49. The van der Waals surface area contributed by atoms with Crippen molar-refractivity contribution in [3.63, 3.8) is 0 Å². The number of halogens is 2. The molecule has 0 unspecified atom stereocenters. The fraction of sp³-hybridized carbons (Fsp3) is 0.188. The normalized spacial score (nSPS) is 12.0. The monoisotopic (exact) mass is 307 g/mol. The van der Waals surface area contributed by atoms with E-state index in [1.807, 2.05) is 30.3 Å². The average Bonchev–Trinajstić information content (AvgIpc) is 2.49. The third-order valence-corrected chi connectivity index (χ3v) is 4.01. The molecule has 2 aromatic rings. The number of thioether (sulfide) groups is 1. The maximum Gasteiger partial charge on any atom is 0.233 e. The maximum absolute atomic E-state index is 13.5. The molecule has 0 saturated carbocycles. The molecule has 110 valence electrons. The number of carbonyl (C=O) groups excluding carboxylic acids is 1. The highest BCUT2D eigenvalue weighted by Crippen LogP contribution is 2.26. The van der Waals surface area contributed by atoms with Crippen LogP contribution in [0.25, 0.3) is 0 Å². The summed E-state index contributed by atoms with van der Waals surface area (Å²) in [6.07, 6.45) is 0. The van der Waals surface area contributed by atoms with E-state index in [1.54, 1.807) is 6.92 Å². The van der Waals surface area contributed by atoms with Gasteiger partial charge in [-0.05, 0) is 30.7 Å².